The van der Waals surface area contributed by atoms with Crippen LogP contribution in [0.25, 0.3) is 0 Å². The lowest BCUT2D eigenvalue weighted by molar-refractivity contribution is -0.119. The first-order valence-corrected chi connectivity index (χ1v) is 8.89. The second-order valence-electron chi connectivity index (χ2n) is 6.20. The lowest BCUT2D eigenvalue weighted by Crippen LogP contribution is -2.22. The number of unbranched alkanes of at least 4 members (excludes halogenated alkanes) is 1. The van der Waals surface area contributed by atoms with Gasteiger partial charge in [-0.05, 0) is 49.6 Å². The molecule has 0 aliphatic carbocycles. The third kappa shape index (κ3) is 5.34. The predicted octanol–water partition coefficient (Wildman–Crippen LogP) is 4.31. The first-order valence-electron chi connectivity index (χ1n) is 8.89. The summed E-state index contributed by atoms with van der Waals surface area (Å²) in [6.07, 6.45) is 2.08. The van der Waals surface area contributed by atoms with Crippen LogP contribution < -0.4 is 10.6 Å². The van der Waals surface area contributed by atoms with Crippen molar-refractivity contribution in [2.75, 3.05) is 23.8 Å². The molecule has 0 atom stereocenters. The van der Waals surface area contributed by atoms with Crippen molar-refractivity contribution in [2.45, 2.75) is 33.6 Å². The average molecular weight is 354 g/mol. The number of carbonyl (C=O) groups excluding carboxylic acids is 2. The number of hydrogen-bond donors (Lipinski definition) is 2. The summed E-state index contributed by atoms with van der Waals surface area (Å²) in [5.41, 5.74) is 3.97. The van der Waals surface area contributed by atoms with Crippen LogP contribution in [0.1, 0.15) is 41.3 Å². The first kappa shape index (κ1) is 19.5. The number of hydrogen-bond acceptors (Lipinski definition) is 4. The molecule has 1 amide bonds. The molecule has 0 aromatic heterocycles. The quantitative estimate of drug-likeness (QED) is 0.547. The van der Waals surface area contributed by atoms with Crippen LogP contribution in [0.3, 0.4) is 0 Å². The van der Waals surface area contributed by atoms with Gasteiger partial charge in [0.2, 0.25) is 0 Å². The Bertz CT molecular complexity index is 772. The smallest absolute Gasteiger partial charge is 0.340 e. The van der Waals surface area contributed by atoms with Crippen LogP contribution in [0.4, 0.5) is 11.4 Å². The van der Waals surface area contributed by atoms with Crippen LogP contribution in [0.15, 0.2) is 42.5 Å². The van der Waals surface area contributed by atoms with Crippen LogP contribution in [-0.4, -0.2) is 25.0 Å². The highest BCUT2D eigenvalue weighted by Crippen LogP contribution is 2.18. The van der Waals surface area contributed by atoms with Crippen LogP contribution in [0.5, 0.6) is 0 Å². The minimum absolute atomic E-state index is 0.324. The number of benzene rings is 2. The van der Waals surface area contributed by atoms with Crippen molar-refractivity contribution in [1.29, 1.82) is 0 Å². The molecule has 0 fully saturated rings. The zero-order chi connectivity index (χ0) is 18.9. The van der Waals surface area contributed by atoms with Crippen molar-refractivity contribution in [1.82, 2.24) is 0 Å². The Kier molecular flexibility index (Phi) is 7.21. The summed E-state index contributed by atoms with van der Waals surface area (Å²) >= 11 is 0. The van der Waals surface area contributed by atoms with Gasteiger partial charge in [-0.15, -0.1) is 0 Å². The number of ether oxygens (including phenoxy) is 1. The minimum atomic E-state index is -0.513. The summed E-state index contributed by atoms with van der Waals surface area (Å²) in [6, 6.07) is 12.8. The van der Waals surface area contributed by atoms with E-state index in [0.29, 0.717) is 5.56 Å². The molecule has 0 saturated heterocycles. The van der Waals surface area contributed by atoms with Gasteiger partial charge >= 0.3 is 5.97 Å². The topological polar surface area (TPSA) is 67.4 Å². The SMILES string of the molecule is CCCCNc1ccccc1C(=O)OCC(=O)Nc1cccc(C)c1C. The Morgan fingerprint density at radius 1 is 1.00 bits per heavy atom. The molecule has 0 spiro atoms. The monoisotopic (exact) mass is 354 g/mol. The van der Waals surface area contributed by atoms with Crippen LogP contribution in [0, 0.1) is 13.8 Å². The molecule has 2 rings (SSSR count). The lowest BCUT2D eigenvalue weighted by atomic mass is 10.1. The number of carbonyl (C=O) groups is 2. The van der Waals surface area contributed by atoms with Gasteiger partial charge in [0.15, 0.2) is 6.61 Å². The summed E-state index contributed by atoms with van der Waals surface area (Å²) in [5.74, 6) is -0.871. The zero-order valence-electron chi connectivity index (χ0n) is 15.6. The van der Waals surface area contributed by atoms with Gasteiger partial charge in [0, 0.05) is 17.9 Å². The van der Waals surface area contributed by atoms with E-state index < -0.39 is 5.97 Å². The van der Waals surface area contributed by atoms with Gasteiger partial charge in [-0.3, -0.25) is 4.79 Å². The third-order valence-corrected chi connectivity index (χ3v) is 4.21. The van der Waals surface area contributed by atoms with Crippen molar-refractivity contribution < 1.29 is 14.3 Å². The highest BCUT2D eigenvalue weighted by atomic mass is 16.5. The first-order chi connectivity index (χ1) is 12.5. The van der Waals surface area contributed by atoms with E-state index >= 15 is 0 Å². The highest BCUT2D eigenvalue weighted by Gasteiger charge is 2.14. The Morgan fingerprint density at radius 3 is 2.50 bits per heavy atom. The molecule has 0 radical (unpaired) electrons. The molecule has 0 heterocycles. The largest absolute Gasteiger partial charge is 0.452 e. The van der Waals surface area contributed by atoms with Gasteiger partial charge in [0.25, 0.3) is 5.91 Å². The molecule has 0 bridgehead atoms. The van der Waals surface area contributed by atoms with E-state index in [9.17, 15) is 9.59 Å². The van der Waals surface area contributed by atoms with Gasteiger partial charge in [-0.1, -0.05) is 37.6 Å². The molecule has 2 aromatic rings. The van der Waals surface area contributed by atoms with Gasteiger partial charge in [-0.25, -0.2) is 4.79 Å². The molecule has 2 aromatic carbocycles. The minimum Gasteiger partial charge on any atom is -0.452 e. The molecule has 138 valence electrons. The molecule has 0 unspecified atom stereocenters. The fourth-order valence-electron chi connectivity index (χ4n) is 2.50. The lowest BCUT2D eigenvalue weighted by Gasteiger charge is -2.12. The van der Waals surface area contributed by atoms with Crippen LogP contribution in [-0.2, 0) is 9.53 Å². The number of anilines is 2. The van der Waals surface area contributed by atoms with Crippen LogP contribution in [0.2, 0.25) is 0 Å². The van der Waals surface area contributed by atoms with Gasteiger partial charge in [0.05, 0.1) is 5.56 Å². The maximum absolute atomic E-state index is 12.3. The van der Waals surface area contributed by atoms with Crippen molar-refractivity contribution in [3.05, 3.63) is 59.2 Å². The van der Waals surface area contributed by atoms with Gasteiger partial charge in [-0.2, -0.15) is 0 Å². The maximum atomic E-state index is 12.3. The van der Waals surface area contributed by atoms with Crippen molar-refractivity contribution in [2.24, 2.45) is 0 Å². The number of rotatable bonds is 8. The molecule has 0 saturated carbocycles. The summed E-state index contributed by atoms with van der Waals surface area (Å²) in [6.45, 7) is 6.49. The molecule has 5 nitrogen and oxygen atoms in total. The Morgan fingerprint density at radius 2 is 1.73 bits per heavy atom. The number of aryl methyl sites for hydroxylation is 1. The van der Waals surface area contributed by atoms with E-state index in [1.165, 1.54) is 0 Å². The van der Waals surface area contributed by atoms with E-state index in [4.69, 9.17) is 4.74 Å². The Hall–Kier alpha value is -2.82. The standard InChI is InChI=1S/C21H26N2O3/c1-4-5-13-22-19-11-7-6-10-17(19)21(25)26-14-20(24)23-18-12-8-9-15(2)16(18)3/h6-12,22H,4-5,13-14H2,1-3H3,(H,23,24). The van der Waals surface area contributed by atoms with Gasteiger partial charge in [0.1, 0.15) is 0 Å². The Balaban J connectivity index is 1.94. The number of para-hydroxylation sites is 1. The third-order valence-electron chi connectivity index (χ3n) is 4.21. The van der Waals surface area contributed by atoms with Crippen LogP contribution >= 0.6 is 0 Å². The Labute approximate surface area is 154 Å². The van der Waals surface area contributed by atoms with Gasteiger partial charge < -0.3 is 15.4 Å². The summed E-state index contributed by atoms with van der Waals surface area (Å²) < 4.78 is 5.19. The number of nitrogens with one attached hydrogen (secondary N) is 2. The fourth-order valence-corrected chi connectivity index (χ4v) is 2.50. The molecular formula is C21H26N2O3. The highest BCUT2D eigenvalue weighted by molar-refractivity contribution is 5.98. The summed E-state index contributed by atoms with van der Waals surface area (Å²) in [4.78, 5) is 24.4. The number of esters is 1. The summed E-state index contributed by atoms with van der Waals surface area (Å²) in [7, 11) is 0. The molecule has 0 aliphatic heterocycles. The van der Waals surface area contributed by atoms with Crippen molar-refractivity contribution >= 4 is 23.3 Å². The predicted molar refractivity (Wildman–Crippen MR) is 105 cm³/mol. The van der Waals surface area contributed by atoms with Crippen molar-refractivity contribution in [3.63, 3.8) is 0 Å². The van der Waals surface area contributed by atoms with Crippen molar-refractivity contribution in [3.8, 4) is 0 Å². The molecule has 0 aliphatic rings. The van der Waals surface area contributed by atoms with E-state index in [0.717, 1.165) is 41.9 Å². The zero-order valence-corrected chi connectivity index (χ0v) is 15.6. The number of amides is 1. The second-order valence-corrected chi connectivity index (χ2v) is 6.20. The average Bonchev–Trinajstić information content (AvgIpc) is 2.64. The maximum Gasteiger partial charge on any atom is 0.340 e. The molecule has 2 N–H and O–H groups in total. The van der Waals surface area contributed by atoms with E-state index in [1.807, 2.05) is 44.2 Å². The molecule has 26 heavy (non-hydrogen) atoms. The van der Waals surface area contributed by atoms with E-state index in [2.05, 4.69) is 17.6 Å². The molecule has 5 heteroatoms. The fraction of sp³-hybridized carbons (Fsp3) is 0.333. The van der Waals surface area contributed by atoms with E-state index in [1.54, 1.807) is 12.1 Å². The second kappa shape index (κ2) is 9.61. The summed E-state index contributed by atoms with van der Waals surface area (Å²) in [5, 5.41) is 6.02. The molecular weight excluding hydrogens is 328 g/mol. The van der Waals surface area contributed by atoms with E-state index in [-0.39, 0.29) is 12.5 Å². The normalized spacial score (nSPS) is 10.3.